The van der Waals surface area contributed by atoms with Crippen LogP contribution in [-0.2, 0) is 9.53 Å². The van der Waals surface area contributed by atoms with E-state index in [1.807, 2.05) is 33.8 Å². The minimum atomic E-state index is -0.490. The molecule has 1 aromatic carbocycles. The fourth-order valence-electron chi connectivity index (χ4n) is 4.32. The maximum absolute atomic E-state index is 12.9. The van der Waals surface area contributed by atoms with Crippen LogP contribution >= 0.6 is 11.3 Å². The number of amides is 3. The first-order chi connectivity index (χ1) is 18.3. The number of thiazole rings is 1. The predicted molar refractivity (Wildman–Crippen MR) is 148 cm³/mol. The second-order valence-electron chi connectivity index (χ2n) is 9.27. The Morgan fingerprint density at radius 2 is 1.71 bits per heavy atom. The lowest BCUT2D eigenvalue weighted by molar-refractivity contribution is -0.155. The van der Waals surface area contributed by atoms with Gasteiger partial charge in [-0.25, -0.2) is 19.7 Å². The van der Waals surface area contributed by atoms with Crippen molar-refractivity contribution in [3.63, 3.8) is 0 Å². The number of esters is 1. The molecule has 202 valence electrons. The quantitative estimate of drug-likeness (QED) is 0.367. The third kappa shape index (κ3) is 5.85. The maximum atomic E-state index is 12.9. The summed E-state index contributed by atoms with van der Waals surface area (Å²) in [5.41, 5.74) is 2.06. The van der Waals surface area contributed by atoms with Gasteiger partial charge in [-0.1, -0.05) is 11.3 Å². The molecule has 2 aromatic heterocycles. The molecule has 0 aliphatic carbocycles. The lowest BCUT2D eigenvalue weighted by atomic mass is 9.80. The van der Waals surface area contributed by atoms with E-state index in [9.17, 15) is 14.4 Å². The number of benzene rings is 1. The van der Waals surface area contributed by atoms with Crippen molar-refractivity contribution in [2.75, 3.05) is 43.0 Å². The zero-order valence-electron chi connectivity index (χ0n) is 22.1. The normalized spacial score (nSPS) is 14.7. The summed E-state index contributed by atoms with van der Waals surface area (Å²) in [7, 11) is 0. The number of hydrogen-bond donors (Lipinski definition) is 3. The monoisotopic (exact) mass is 539 g/mol. The van der Waals surface area contributed by atoms with Crippen LogP contribution in [-0.4, -0.2) is 65.6 Å². The summed E-state index contributed by atoms with van der Waals surface area (Å²) >= 11 is 1.25. The van der Waals surface area contributed by atoms with E-state index in [1.165, 1.54) is 11.3 Å². The van der Waals surface area contributed by atoms with Crippen molar-refractivity contribution in [3.8, 4) is 11.1 Å². The van der Waals surface area contributed by atoms with Crippen molar-refractivity contribution in [2.24, 2.45) is 5.41 Å². The molecule has 38 heavy (non-hydrogen) atoms. The standard InChI is InChI=1S/C26H33N7O4S/c1-5-27-21(34)18-12-16(13-19-20(18)38-25(31-19)32-24(36)28-6-2)17-14-29-23(30-15-17)33-10-8-26(4,9-11-33)22(35)37-7-3/h12-15H,5-11H2,1-4H3,(H,27,34)(H2,28,31,32,36). The van der Waals surface area contributed by atoms with Crippen molar-refractivity contribution >= 4 is 50.5 Å². The SMILES string of the molecule is CCNC(=O)Nc1nc2cc(-c3cnc(N4CCC(C)(C(=O)OCC)CC4)nc3)cc(C(=O)NCC)c2s1. The van der Waals surface area contributed by atoms with Gasteiger partial charge in [0, 0.05) is 44.1 Å². The molecule has 12 heteroatoms. The van der Waals surface area contributed by atoms with Crippen LogP contribution in [0.25, 0.3) is 21.3 Å². The van der Waals surface area contributed by atoms with Gasteiger partial charge in [0.05, 0.1) is 27.8 Å². The highest BCUT2D eigenvalue weighted by Gasteiger charge is 2.38. The van der Waals surface area contributed by atoms with Crippen molar-refractivity contribution < 1.29 is 19.1 Å². The average Bonchev–Trinajstić information content (AvgIpc) is 3.31. The van der Waals surface area contributed by atoms with Gasteiger partial charge >= 0.3 is 12.0 Å². The van der Waals surface area contributed by atoms with Crippen LogP contribution in [0.2, 0.25) is 0 Å². The summed E-state index contributed by atoms with van der Waals surface area (Å²) in [5, 5.41) is 8.64. The van der Waals surface area contributed by atoms with Gasteiger partial charge in [-0.05, 0) is 58.2 Å². The highest BCUT2D eigenvalue weighted by molar-refractivity contribution is 7.22. The number of nitrogens with one attached hydrogen (secondary N) is 3. The molecule has 3 aromatic rings. The Balaban J connectivity index is 1.57. The molecule has 11 nitrogen and oxygen atoms in total. The fraction of sp³-hybridized carbons (Fsp3) is 0.462. The predicted octanol–water partition coefficient (Wildman–Crippen LogP) is 3.81. The largest absolute Gasteiger partial charge is 0.466 e. The molecule has 4 rings (SSSR count). The molecule has 1 aliphatic heterocycles. The molecule has 0 spiro atoms. The summed E-state index contributed by atoms with van der Waals surface area (Å²) in [4.78, 5) is 52.9. The van der Waals surface area contributed by atoms with Gasteiger partial charge in [-0.15, -0.1) is 0 Å². The first kappa shape index (κ1) is 27.2. The molecular weight excluding hydrogens is 506 g/mol. The maximum Gasteiger partial charge on any atom is 0.321 e. The molecule has 3 N–H and O–H groups in total. The molecule has 3 heterocycles. The number of rotatable bonds is 8. The smallest absolute Gasteiger partial charge is 0.321 e. The number of carbonyl (C=O) groups is 3. The van der Waals surface area contributed by atoms with Gasteiger partial charge in [0.1, 0.15) is 0 Å². The van der Waals surface area contributed by atoms with E-state index in [0.29, 0.717) is 72.5 Å². The number of piperidine rings is 1. The molecule has 1 saturated heterocycles. The van der Waals surface area contributed by atoms with Crippen molar-refractivity contribution in [1.82, 2.24) is 25.6 Å². The second-order valence-corrected chi connectivity index (χ2v) is 10.3. The average molecular weight is 540 g/mol. The van der Waals surface area contributed by atoms with Crippen LogP contribution in [0.15, 0.2) is 24.5 Å². The Bertz CT molecular complexity index is 1320. The van der Waals surface area contributed by atoms with Crippen LogP contribution in [0.1, 0.15) is 50.9 Å². The molecule has 0 atom stereocenters. The minimum absolute atomic E-state index is 0.152. The van der Waals surface area contributed by atoms with E-state index >= 15 is 0 Å². The Morgan fingerprint density at radius 1 is 1.03 bits per heavy atom. The Morgan fingerprint density at radius 3 is 2.34 bits per heavy atom. The number of ether oxygens (including phenoxy) is 1. The topological polar surface area (TPSA) is 138 Å². The van der Waals surface area contributed by atoms with Gasteiger partial charge in [0.15, 0.2) is 5.13 Å². The summed E-state index contributed by atoms with van der Waals surface area (Å²) in [5.74, 6) is 0.218. The third-order valence-corrected chi connectivity index (χ3v) is 7.54. The lowest BCUT2D eigenvalue weighted by Crippen LogP contribution is -2.44. The van der Waals surface area contributed by atoms with Gasteiger partial charge in [0.25, 0.3) is 5.91 Å². The number of carbonyl (C=O) groups excluding carboxylic acids is 3. The number of fused-ring (bicyclic) bond motifs is 1. The molecule has 0 bridgehead atoms. The van der Waals surface area contributed by atoms with Crippen LogP contribution in [0, 0.1) is 5.41 Å². The van der Waals surface area contributed by atoms with Crippen molar-refractivity contribution in [1.29, 1.82) is 0 Å². The molecule has 0 radical (unpaired) electrons. The van der Waals surface area contributed by atoms with E-state index in [4.69, 9.17) is 4.74 Å². The van der Waals surface area contributed by atoms with Crippen molar-refractivity contribution in [2.45, 2.75) is 40.5 Å². The Hall–Kier alpha value is -3.80. The summed E-state index contributed by atoms with van der Waals surface area (Å²) in [6.07, 6.45) is 4.79. The van der Waals surface area contributed by atoms with Crippen LogP contribution in [0.4, 0.5) is 15.9 Å². The molecular formula is C26H33N7O4S. The number of hydrogen-bond acceptors (Lipinski definition) is 9. The molecule has 1 fully saturated rings. The zero-order valence-corrected chi connectivity index (χ0v) is 22.9. The summed E-state index contributed by atoms with van der Waals surface area (Å²) < 4.78 is 5.93. The Kier molecular flexibility index (Phi) is 8.40. The minimum Gasteiger partial charge on any atom is -0.466 e. The second kappa shape index (κ2) is 11.7. The first-order valence-corrected chi connectivity index (χ1v) is 13.6. The van der Waals surface area contributed by atoms with E-state index < -0.39 is 5.41 Å². The number of aromatic nitrogens is 3. The molecule has 0 saturated carbocycles. The van der Waals surface area contributed by atoms with E-state index in [0.717, 1.165) is 11.1 Å². The van der Waals surface area contributed by atoms with E-state index in [1.54, 1.807) is 18.5 Å². The van der Waals surface area contributed by atoms with Crippen LogP contribution in [0.5, 0.6) is 0 Å². The number of anilines is 2. The third-order valence-electron chi connectivity index (χ3n) is 6.52. The van der Waals surface area contributed by atoms with Crippen LogP contribution in [0.3, 0.4) is 0 Å². The van der Waals surface area contributed by atoms with Crippen molar-refractivity contribution in [3.05, 3.63) is 30.1 Å². The fourth-order valence-corrected chi connectivity index (χ4v) is 5.27. The van der Waals surface area contributed by atoms with E-state index in [-0.39, 0.29) is 17.9 Å². The van der Waals surface area contributed by atoms with Gasteiger partial charge in [-0.2, -0.15) is 0 Å². The zero-order chi connectivity index (χ0) is 27.3. The molecule has 3 amide bonds. The molecule has 1 aliphatic rings. The Labute approximate surface area is 225 Å². The summed E-state index contributed by atoms with van der Waals surface area (Å²) in [6, 6.07) is 3.31. The highest BCUT2D eigenvalue weighted by Crippen LogP contribution is 2.35. The van der Waals surface area contributed by atoms with Gasteiger partial charge in [-0.3, -0.25) is 14.9 Å². The number of urea groups is 1. The van der Waals surface area contributed by atoms with Crippen LogP contribution < -0.4 is 20.9 Å². The first-order valence-electron chi connectivity index (χ1n) is 12.8. The van der Waals surface area contributed by atoms with Gasteiger partial charge < -0.3 is 20.3 Å². The highest BCUT2D eigenvalue weighted by atomic mass is 32.1. The molecule has 0 unspecified atom stereocenters. The summed E-state index contributed by atoms with van der Waals surface area (Å²) in [6.45, 7) is 10.1. The van der Waals surface area contributed by atoms with Gasteiger partial charge in [0.2, 0.25) is 5.95 Å². The van der Waals surface area contributed by atoms with E-state index in [2.05, 4.69) is 35.8 Å². The lowest BCUT2D eigenvalue weighted by Gasteiger charge is -2.37. The number of nitrogens with zero attached hydrogens (tertiary/aromatic N) is 4.